The van der Waals surface area contributed by atoms with Crippen molar-refractivity contribution >= 4 is 17.3 Å². The first kappa shape index (κ1) is 12.2. The van der Waals surface area contributed by atoms with E-state index in [0.29, 0.717) is 11.1 Å². The highest BCUT2D eigenvalue weighted by Gasteiger charge is 2.28. The molecule has 1 aliphatic heterocycles. The average Bonchev–Trinajstić information content (AvgIpc) is 3.16. The minimum absolute atomic E-state index is 0.216. The van der Waals surface area contributed by atoms with Crippen LogP contribution in [0.4, 0.5) is 10.1 Å². The average molecular weight is 269 g/mol. The van der Waals surface area contributed by atoms with Gasteiger partial charge in [-0.25, -0.2) is 4.39 Å². The van der Waals surface area contributed by atoms with Crippen LogP contribution in [0, 0.1) is 5.82 Å². The number of nitrogens with zero attached hydrogens (tertiary/aromatic N) is 1. The Morgan fingerprint density at radius 3 is 2.83 bits per heavy atom. The van der Waals surface area contributed by atoms with Gasteiger partial charge in [0.1, 0.15) is 5.82 Å². The number of nitrogens with one attached hydrogen (secondary N) is 1. The first-order valence-electron chi connectivity index (χ1n) is 6.68. The maximum Gasteiger partial charge on any atom is 0.125 e. The molecular weight excluding hydrogens is 251 g/mol. The summed E-state index contributed by atoms with van der Waals surface area (Å²) in [5.41, 5.74) is 0.832. The second-order valence-corrected chi connectivity index (χ2v) is 5.73. The zero-order valence-electron chi connectivity index (χ0n) is 10.3. The molecule has 0 amide bonds. The monoisotopic (exact) mass is 268 g/mol. The van der Waals surface area contributed by atoms with Gasteiger partial charge in [-0.1, -0.05) is 11.6 Å². The van der Waals surface area contributed by atoms with Crippen molar-refractivity contribution in [2.24, 2.45) is 0 Å². The fourth-order valence-electron chi connectivity index (χ4n) is 2.64. The highest BCUT2D eigenvalue weighted by molar-refractivity contribution is 6.33. The van der Waals surface area contributed by atoms with Crippen LogP contribution in [0.2, 0.25) is 5.02 Å². The Balaban J connectivity index is 1.72. The van der Waals surface area contributed by atoms with Crippen LogP contribution < -0.4 is 10.2 Å². The predicted molar refractivity (Wildman–Crippen MR) is 72.8 cm³/mol. The molecule has 2 aliphatic rings. The lowest BCUT2D eigenvalue weighted by molar-refractivity contribution is 0.420. The van der Waals surface area contributed by atoms with Crippen LogP contribution in [-0.4, -0.2) is 25.2 Å². The first-order chi connectivity index (χ1) is 8.72. The summed E-state index contributed by atoms with van der Waals surface area (Å²) in [6, 6.07) is 5.84. The molecule has 1 N–H and O–H groups in total. The first-order valence-corrected chi connectivity index (χ1v) is 7.06. The van der Waals surface area contributed by atoms with Gasteiger partial charge < -0.3 is 10.2 Å². The van der Waals surface area contributed by atoms with Gasteiger partial charge in [-0.3, -0.25) is 0 Å². The lowest BCUT2D eigenvalue weighted by atomic mass is 10.0. The largest absolute Gasteiger partial charge is 0.369 e. The normalized spacial score (nSPS) is 24.3. The number of piperidine rings is 1. The summed E-state index contributed by atoms with van der Waals surface area (Å²) in [7, 11) is 0. The summed E-state index contributed by atoms with van der Waals surface area (Å²) in [6.07, 6.45) is 4.95. The smallest absolute Gasteiger partial charge is 0.125 e. The Labute approximate surface area is 112 Å². The number of rotatable bonds is 3. The third-order valence-corrected chi connectivity index (χ3v) is 4.04. The fraction of sp³-hybridized carbons (Fsp3) is 0.571. The van der Waals surface area contributed by atoms with Gasteiger partial charge in [-0.05, 0) is 43.9 Å². The summed E-state index contributed by atoms with van der Waals surface area (Å²) < 4.78 is 13.3. The van der Waals surface area contributed by atoms with E-state index in [9.17, 15) is 4.39 Å². The quantitative estimate of drug-likeness (QED) is 0.906. The SMILES string of the molecule is Fc1ccc(Cl)c(N2CCCC(NC3CC3)C2)c1. The van der Waals surface area contributed by atoms with Gasteiger partial charge in [-0.2, -0.15) is 0 Å². The standard InChI is InChI=1S/C14H18ClFN2/c15-13-6-3-10(16)8-14(13)18-7-1-2-12(9-18)17-11-4-5-11/h3,6,8,11-12,17H,1-2,4-5,7,9H2. The Bertz CT molecular complexity index is 434. The molecule has 1 aliphatic carbocycles. The summed E-state index contributed by atoms with van der Waals surface area (Å²) >= 11 is 6.17. The predicted octanol–water partition coefficient (Wildman–Crippen LogP) is 3.20. The molecule has 1 aromatic carbocycles. The Hall–Kier alpha value is -0.800. The molecule has 4 heteroatoms. The van der Waals surface area contributed by atoms with Gasteiger partial charge in [0.15, 0.2) is 0 Å². The van der Waals surface area contributed by atoms with Gasteiger partial charge >= 0.3 is 0 Å². The maximum absolute atomic E-state index is 13.3. The summed E-state index contributed by atoms with van der Waals surface area (Å²) in [5, 5.41) is 4.29. The van der Waals surface area contributed by atoms with Crippen molar-refractivity contribution in [1.82, 2.24) is 5.32 Å². The number of hydrogen-bond donors (Lipinski definition) is 1. The van der Waals surface area contributed by atoms with Crippen LogP contribution in [0.1, 0.15) is 25.7 Å². The van der Waals surface area contributed by atoms with Crippen molar-refractivity contribution in [2.45, 2.75) is 37.8 Å². The van der Waals surface area contributed by atoms with Crippen molar-refractivity contribution in [1.29, 1.82) is 0 Å². The molecule has 1 saturated carbocycles. The highest BCUT2D eigenvalue weighted by atomic mass is 35.5. The topological polar surface area (TPSA) is 15.3 Å². The molecule has 0 aromatic heterocycles. The number of anilines is 1. The van der Waals surface area contributed by atoms with Crippen LogP contribution in [0.5, 0.6) is 0 Å². The van der Waals surface area contributed by atoms with Crippen LogP contribution in [0.25, 0.3) is 0 Å². The molecule has 1 saturated heterocycles. The van der Waals surface area contributed by atoms with E-state index < -0.39 is 0 Å². The molecule has 1 aromatic rings. The molecular formula is C14H18ClFN2. The van der Waals surface area contributed by atoms with E-state index in [0.717, 1.165) is 31.2 Å². The van der Waals surface area contributed by atoms with Gasteiger partial charge in [0.25, 0.3) is 0 Å². The highest BCUT2D eigenvalue weighted by Crippen LogP contribution is 2.30. The van der Waals surface area contributed by atoms with Crippen LogP contribution in [0.15, 0.2) is 18.2 Å². The molecule has 0 radical (unpaired) electrons. The Morgan fingerprint density at radius 1 is 1.22 bits per heavy atom. The lowest BCUT2D eigenvalue weighted by Gasteiger charge is -2.35. The van der Waals surface area contributed by atoms with Crippen LogP contribution >= 0.6 is 11.6 Å². The second-order valence-electron chi connectivity index (χ2n) is 5.32. The van der Waals surface area contributed by atoms with Crippen LogP contribution in [0.3, 0.4) is 0 Å². The van der Waals surface area contributed by atoms with Crippen molar-refractivity contribution < 1.29 is 4.39 Å². The second kappa shape index (κ2) is 5.06. The molecule has 0 bridgehead atoms. The molecule has 1 heterocycles. The summed E-state index contributed by atoms with van der Waals surface area (Å²) in [5.74, 6) is -0.216. The molecule has 3 rings (SSSR count). The Morgan fingerprint density at radius 2 is 2.06 bits per heavy atom. The van der Waals surface area contributed by atoms with Crippen molar-refractivity contribution in [3.63, 3.8) is 0 Å². The third-order valence-electron chi connectivity index (χ3n) is 3.72. The van der Waals surface area contributed by atoms with Crippen molar-refractivity contribution in [3.8, 4) is 0 Å². The molecule has 18 heavy (non-hydrogen) atoms. The number of benzene rings is 1. The molecule has 1 unspecified atom stereocenters. The lowest BCUT2D eigenvalue weighted by Crippen LogP contribution is -2.46. The van der Waals surface area contributed by atoms with E-state index in [1.165, 1.54) is 25.3 Å². The molecule has 2 fully saturated rings. The van der Waals surface area contributed by atoms with Gasteiger partial charge in [0.2, 0.25) is 0 Å². The van der Waals surface area contributed by atoms with E-state index in [1.54, 1.807) is 12.1 Å². The molecule has 2 nitrogen and oxygen atoms in total. The van der Waals surface area contributed by atoms with E-state index in [4.69, 9.17) is 11.6 Å². The van der Waals surface area contributed by atoms with E-state index in [1.807, 2.05) is 0 Å². The van der Waals surface area contributed by atoms with Crippen molar-refractivity contribution in [2.75, 3.05) is 18.0 Å². The Kier molecular flexibility index (Phi) is 3.44. The van der Waals surface area contributed by atoms with Gasteiger partial charge in [-0.15, -0.1) is 0 Å². The molecule has 1 atom stereocenters. The number of halogens is 2. The fourth-order valence-corrected chi connectivity index (χ4v) is 2.88. The maximum atomic E-state index is 13.3. The van der Waals surface area contributed by atoms with Crippen molar-refractivity contribution in [3.05, 3.63) is 29.0 Å². The summed E-state index contributed by atoms with van der Waals surface area (Å²) in [6.45, 7) is 1.89. The zero-order valence-corrected chi connectivity index (χ0v) is 11.1. The molecule has 0 spiro atoms. The van der Waals surface area contributed by atoms with E-state index in [-0.39, 0.29) is 5.82 Å². The summed E-state index contributed by atoms with van der Waals surface area (Å²) in [4.78, 5) is 2.20. The minimum Gasteiger partial charge on any atom is -0.369 e. The van der Waals surface area contributed by atoms with E-state index >= 15 is 0 Å². The molecule has 98 valence electrons. The third kappa shape index (κ3) is 2.78. The number of hydrogen-bond acceptors (Lipinski definition) is 2. The zero-order chi connectivity index (χ0) is 12.5. The minimum atomic E-state index is -0.216. The van der Waals surface area contributed by atoms with Crippen LogP contribution in [-0.2, 0) is 0 Å². The van der Waals surface area contributed by atoms with Gasteiger partial charge in [0.05, 0.1) is 10.7 Å². The van der Waals surface area contributed by atoms with E-state index in [2.05, 4.69) is 10.2 Å². The van der Waals surface area contributed by atoms with Gasteiger partial charge in [0, 0.05) is 25.2 Å².